The summed E-state index contributed by atoms with van der Waals surface area (Å²) in [4.78, 5) is 0. The first-order chi connectivity index (χ1) is 15.9. The van der Waals surface area contributed by atoms with Gasteiger partial charge in [0.25, 0.3) is 0 Å². The Hall–Kier alpha value is -3.64. The molecule has 0 saturated heterocycles. The van der Waals surface area contributed by atoms with Gasteiger partial charge in [0.1, 0.15) is 11.6 Å². The predicted octanol–water partition coefficient (Wildman–Crippen LogP) is 5.34. The Bertz CT molecular complexity index is 1270. The molecule has 33 heavy (non-hydrogen) atoms. The predicted molar refractivity (Wildman–Crippen MR) is 124 cm³/mol. The maximum atomic E-state index is 14.5. The monoisotopic (exact) mass is 462 g/mol. The van der Waals surface area contributed by atoms with Crippen LogP contribution < -0.4 is 15.6 Å². The van der Waals surface area contributed by atoms with E-state index in [1.807, 2.05) is 60.7 Å². The summed E-state index contributed by atoms with van der Waals surface area (Å²) in [5.41, 5.74) is 0.596. The van der Waals surface area contributed by atoms with Gasteiger partial charge in [0, 0.05) is 5.56 Å². The molecule has 1 nitrogen and oxygen atoms in total. The molecule has 164 valence electrons. The molecule has 1 aliphatic heterocycles. The molecule has 0 saturated carbocycles. The first-order valence-corrected chi connectivity index (χ1v) is 12.3. The van der Waals surface area contributed by atoms with Crippen LogP contribution in [0.4, 0.5) is 17.6 Å². The van der Waals surface area contributed by atoms with E-state index in [0.29, 0.717) is 11.3 Å². The molecule has 0 aromatic heterocycles. The molecule has 0 fully saturated rings. The summed E-state index contributed by atoms with van der Waals surface area (Å²) in [6, 6.07) is 28.8. The van der Waals surface area contributed by atoms with Crippen molar-refractivity contribution >= 4 is 35.7 Å². The van der Waals surface area contributed by atoms with E-state index >= 15 is 0 Å². The maximum Gasteiger partial charge on any atom is 0.416 e. The van der Waals surface area contributed by atoms with Gasteiger partial charge in [0.2, 0.25) is 0 Å². The molecule has 0 N–H and O–H groups in total. The molecule has 0 unspecified atom stereocenters. The molecule has 0 amide bonds. The summed E-state index contributed by atoms with van der Waals surface area (Å²) in [6.45, 7) is 0. The van der Waals surface area contributed by atoms with Crippen molar-refractivity contribution in [1.29, 1.82) is 0 Å². The molecule has 0 aliphatic carbocycles. The zero-order valence-electron chi connectivity index (χ0n) is 17.3. The highest BCUT2D eigenvalue weighted by Gasteiger charge is 2.48. The van der Waals surface area contributed by atoms with Gasteiger partial charge in [-0.15, -0.1) is 0 Å². The number of halogens is 4. The molecule has 6 heteroatoms. The van der Waals surface area contributed by atoms with E-state index in [1.54, 1.807) is 12.1 Å². The Morgan fingerprint density at radius 2 is 1.24 bits per heavy atom. The third-order valence-corrected chi connectivity index (χ3v) is 9.81. The van der Waals surface area contributed by atoms with Gasteiger partial charge < -0.3 is 4.43 Å². The lowest BCUT2D eigenvalue weighted by Crippen LogP contribution is -2.70. The van der Waals surface area contributed by atoms with Crippen molar-refractivity contribution < 1.29 is 22.0 Å². The topological polar surface area (TPSA) is 9.23 Å². The Kier molecular flexibility index (Phi) is 5.17. The van der Waals surface area contributed by atoms with Gasteiger partial charge in [-0.3, -0.25) is 0 Å². The Labute approximate surface area is 189 Å². The fourth-order valence-corrected chi connectivity index (χ4v) is 8.29. The summed E-state index contributed by atoms with van der Waals surface area (Å²) < 4.78 is 60.5. The normalized spacial score (nSPS) is 14.7. The maximum absolute atomic E-state index is 14.5. The lowest BCUT2D eigenvalue weighted by molar-refractivity contribution is -0.137. The van der Waals surface area contributed by atoms with E-state index in [1.165, 1.54) is 24.3 Å². The minimum Gasteiger partial charge on any atom is -0.530 e. The fraction of sp³-hybridized carbons (Fsp3) is 0.0370. The van der Waals surface area contributed by atoms with Crippen molar-refractivity contribution in [2.75, 3.05) is 0 Å². The van der Waals surface area contributed by atoms with Crippen molar-refractivity contribution in [2.24, 2.45) is 0 Å². The Morgan fingerprint density at radius 3 is 1.79 bits per heavy atom. The van der Waals surface area contributed by atoms with Crippen LogP contribution in [0.3, 0.4) is 0 Å². The van der Waals surface area contributed by atoms with Crippen molar-refractivity contribution in [1.82, 2.24) is 0 Å². The quantitative estimate of drug-likeness (QED) is 0.295. The largest absolute Gasteiger partial charge is 0.530 e. The third-order valence-electron chi connectivity index (χ3n) is 5.80. The molecule has 0 radical (unpaired) electrons. The molecule has 5 rings (SSSR count). The first kappa shape index (κ1) is 21.2. The van der Waals surface area contributed by atoms with E-state index in [-0.39, 0.29) is 5.82 Å². The van der Waals surface area contributed by atoms with Crippen LogP contribution in [0.15, 0.2) is 103 Å². The average Bonchev–Trinajstić information content (AvgIpc) is 2.84. The highest BCUT2D eigenvalue weighted by Crippen LogP contribution is 2.33. The molecule has 4 aromatic carbocycles. The SMILES string of the molecule is Fc1ccc2c(c1)[Si](c1ccccc1)(c1ccccc1)OC(c1ccc(C(F)(F)F)cc1)=C2. The minimum absolute atomic E-state index is 0.368. The summed E-state index contributed by atoms with van der Waals surface area (Å²) in [6.07, 6.45) is -2.65. The number of rotatable bonds is 3. The number of benzene rings is 4. The smallest absolute Gasteiger partial charge is 0.416 e. The fourth-order valence-electron chi connectivity index (χ4n) is 4.26. The van der Waals surface area contributed by atoms with E-state index in [2.05, 4.69) is 0 Å². The summed E-state index contributed by atoms with van der Waals surface area (Å²) in [5, 5.41) is 2.59. The summed E-state index contributed by atoms with van der Waals surface area (Å²) in [5.74, 6) is 0.0923. The second kappa shape index (κ2) is 8.05. The van der Waals surface area contributed by atoms with Gasteiger partial charge in [0.05, 0.1) is 5.56 Å². The molecule has 1 aliphatic rings. The van der Waals surface area contributed by atoms with E-state index < -0.39 is 20.1 Å². The van der Waals surface area contributed by atoms with Crippen molar-refractivity contribution in [3.05, 3.63) is 126 Å². The average molecular weight is 463 g/mol. The zero-order valence-corrected chi connectivity index (χ0v) is 18.3. The van der Waals surface area contributed by atoms with Crippen LogP contribution in [0, 0.1) is 5.82 Å². The second-order valence-electron chi connectivity index (χ2n) is 7.83. The highest BCUT2D eigenvalue weighted by atomic mass is 28.4. The first-order valence-electron chi connectivity index (χ1n) is 10.4. The molecule has 1 heterocycles. The number of hydrogen-bond donors (Lipinski definition) is 0. The zero-order chi connectivity index (χ0) is 23.1. The van der Waals surface area contributed by atoms with Gasteiger partial charge in [0.15, 0.2) is 0 Å². The molecular formula is C27H18F4OSi. The van der Waals surface area contributed by atoms with Gasteiger partial charge in [-0.1, -0.05) is 78.9 Å². The van der Waals surface area contributed by atoms with Crippen LogP contribution >= 0.6 is 0 Å². The van der Waals surface area contributed by atoms with Crippen LogP contribution in [0.2, 0.25) is 0 Å². The van der Waals surface area contributed by atoms with Gasteiger partial charge in [-0.25, -0.2) is 4.39 Å². The number of hydrogen-bond acceptors (Lipinski definition) is 1. The van der Waals surface area contributed by atoms with Gasteiger partial charge in [-0.05, 0) is 51.5 Å². The van der Waals surface area contributed by atoms with Crippen LogP contribution in [0.5, 0.6) is 0 Å². The molecular weight excluding hydrogens is 444 g/mol. The van der Waals surface area contributed by atoms with E-state index in [0.717, 1.165) is 33.3 Å². The van der Waals surface area contributed by atoms with Crippen LogP contribution in [0.1, 0.15) is 16.7 Å². The summed E-state index contributed by atoms with van der Waals surface area (Å²) >= 11 is 0. The van der Waals surface area contributed by atoms with Crippen molar-refractivity contribution in [3.8, 4) is 0 Å². The van der Waals surface area contributed by atoms with Gasteiger partial charge >= 0.3 is 14.5 Å². The van der Waals surface area contributed by atoms with Crippen LogP contribution in [-0.2, 0) is 10.6 Å². The number of fused-ring (bicyclic) bond motifs is 1. The van der Waals surface area contributed by atoms with Gasteiger partial charge in [-0.2, -0.15) is 13.2 Å². The molecule has 0 spiro atoms. The van der Waals surface area contributed by atoms with Crippen LogP contribution in [0.25, 0.3) is 11.8 Å². The lowest BCUT2D eigenvalue weighted by atomic mass is 10.1. The Morgan fingerprint density at radius 1 is 0.667 bits per heavy atom. The van der Waals surface area contributed by atoms with Crippen molar-refractivity contribution in [3.63, 3.8) is 0 Å². The third kappa shape index (κ3) is 3.76. The van der Waals surface area contributed by atoms with Crippen molar-refractivity contribution in [2.45, 2.75) is 6.18 Å². The Balaban J connectivity index is 1.75. The standard InChI is InChI=1S/C27H18F4OSi/c28-22-16-13-20-17-25(19-11-14-21(15-12-19)27(29,30)31)32-33(26(20)18-22,23-7-3-1-4-8-23)24-9-5-2-6-10-24/h1-18H. The van der Waals surface area contributed by atoms with Crippen LogP contribution in [-0.4, -0.2) is 8.32 Å². The molecule has 4 aromatic rings. The lowest BCUT2D eigenvalue weighted by Gasteiger charge is -2.38. The second-order valence-corrected chi connectivity index (χ2v) is 11.1. The molecule has 0 bridgehead atoms. The highest BCUT2D eigenvalue weighted by molar-refractivity contribution is 7.08. The van der Waals surface area contributed by atoms with E-state index in [4.69, 9.17) is 4.43 Å². The minimum atomic E-state index is -4.42. The number of alkyl halides is 3. The molecule has 0 atom stereocenters. The van der Waals surface area contributed by atoms with E-state index in [9.17, 15) is 17.6 Å². The summed E-state index contributed by atoms with van der Waals surface area (Å²) in [7, 11) is -3.21.